The van der Waals surface area contributed by atoms with Crippen molar-refractivity contribution in [3.05, 3.63) is 40.7 Å². The Labute approximate surface area is 99.5 Å². The van der Waals surface area contributed by atoms with Crippen LogP contribution in [0.4, 0.5) is 0 Å². The summed E-state index contributed by atoms with van der Waals surface area (Å²) in [4.78, 5) is 0. The second-order valence-electron chi connectivity index (χ2n) is 3.85. The van der Waals surface area contributed by atoms with Crippen LogP contribution in [0.3, 0.4) is 0 Å². The zero-order valence-corrected chi connectivity index (χ0v) is 9.93. The summed E-state index contributed by atoms with van der Waals surface area (Å²) in [5.41, 5.74) is 9.16. The summed E-state index contributed by atoms with van der Waals surface area (Å²) >= 11 is 0. The molecule has 1 aromatic carbocycles. The van der Waals surface area contributed by atoms with E-state index in [1.807, 2.05) is 32.0 Å². The number of para-hydroxylation sites is 1. The van der Waals surface area contributed by atoms with E-state index >= 15 is 0 Å². The van der Waals surface area contributed by atoms with Crippen molar-refractivity contribution >= 4 is 0 Å². The van der Waals surface area contributed by atoms with E-state index in [1.165, 1.54) is 0 Å². The molecule has 2 N–H and O–H groups in total. The first-order valence-electron chi connectivity index (χ1n) is 5.41. The highest BCUT2D eigenvalue weighted by atomic mass is 16.6. The van der Waals surface area contributed by atoms with Gasteiger partial charge in [0.2, 0.25) is 0 Å². The quantitative estimate of drug-likeness (QED) is 0.870. The maximum Gasteiger partial charge on any atom is 0.145 e. The van der Waals surface area contributed by atoms with Crippen LogP contribution >= 0.6 is 0 Å². The summed E-state index contributed by atoms with van der Waals surface area (Å²) in [5, 5.41) is 7.48. The molecule has 2 rings (SSSR count). The van der Waals surface area contributed by atoms with Crippen LogP contribution in [0.15, 0.2) is 22.8 Å². The number of ether oxygens (including phenoxy) is 1. The zero-order valence-electron chi connectivity index (χ0n) is 9.93. The highest BCUT2D eigenvalue weighted by Crippen LogP contribution is 2.24. The summed E-state index contributed by atoms with van der Waals surface area (Å²) in [6.45, 7) is 4.61. The van der Waals surface area contributed by atoms with Gasteiger partial charge in [-0.3, -0.25) is 0 Å². The largest absolute Gasteiger partial charge is 0.486 e. The van der Waals surface area contributed by atoms with E-state index in [0.717, 1.165) is 22.6 Å². The summed E-state index contributed by atoms with van der Waals surface area (Å²) in [6.07, 6.45) is 0. The fourth-order valence-electron chi connectivity index (χ4n) is 1.60. The van der Waals surface area contributed by atoms with Gasteiger partial charge in [-0.2, -0.15) is 0 Å². The van der Waals surface area contributed by atoms with Crippen LogP contribution in [0.1, 0.15) is 22.5 Å². The van der Waals surface area contributed by atoms with Crippen molar-refractivity contribution in [1.82, 2.24) is 10.3 Å². The normalized spacial score (nSPS) is 10.5. The second-order valence-corrected chi connectivity index (χ2v) is 3.85. The molecule has 0 spiro atoms. The Morgan fingerprint density at radius 3 is 2.76 bits per heavy atom. The Kier molecular flexibility index (Phi) is 3.39. The van der Waals surface area contributed by atoms with Crippen LogP contribution < -0.4 is 10.5 Å². The van der Waals surface area contributed by atoms with Crippen LogP contribution in [0.25, 0.3) is 0 Å². The van der Waals surface area contributed by atoms with Gasteiger partial charge in [0.25, 0.3) is 0 Å². The third-order valence-corrected chi connectivity index (χ3v) is 2.61. The first-order valence-corrected chi connectivity index (χ1v) is 5.41. The Balaban J connectivity index is 2.16. The number of hydrogen-bond donors (Lipinski definition) is 1. The SMILES string of the molecule is Cc1cccc(CN)c1OCc1nonc1C. The van der Waals surface area contributed by atoms with Crippen molar-refractivity contribution < 1.29 is 9.37 Å². The highest BCUT2D eigenvalue weighted by molar-refractivity contribution is 5.40. The predicted molar refractivity (Wildman–Crippen MR) is 62.4 cm³/mol. The summed E-state index contributed by atoms with van der Waals surface area (Å²) in [6, 6.07) is 5.91. The summed E-state index contributed by atoms with van der Waals surface area (Å²) < 4.78 is 10.4. The van der Waals surface area contributed by atoms with E-state index in [1.54, 1.807) is 0 Å². The highest BCUT2D eigenvalue weighted by Gasteiger charge is 2.09. The van der Waals surface area contributed by atoms with Gasteiger partial charge in [0.05, 0.1) is 0 Å². The van der Waals surface area contributed by atoms with Crippen LogP contribution in [0, 0.1) is 13.8 Å². The van der Waals surface area contributed by atoms with Crippen molar-refractivity contribution in [2.45, 2.75) is 27.0 Å². The van der Waals surface area contributed by atoms with E-state index in [4.69, 9.17) is 10.5 Å². The Morgan fingerprint density at radius 2 is 2.12 bits per heavy atom. The minimum absolute atomic E-state index is 0.340. The average molecular weight is 233 g/mol. The maximum atomic E-state index is 5.74. The average Bonchev–Trinajstić information content (AvgIpc) is 2.73. The third kappa shape index (κ3) is 2.45. The van der Waals surface area contributed by atoms with Crippen molar-refractivity contribution in [2.75, 3.05) is 0 Å². The molecule has 17 heavy (non-hydrogen) atoms. The number of hydrogen-bond acceptors (Lipinski definition) is 5. The molecular weight excluding hydrogens is 218 g/mol. The molecule has 2 aromatic rings. The molecule has 0 aliphatic heterocycles. The summed E-state index contributed by atoms with van der Waals surface area (Å²) in [5.74, 6) is 0.817. The molecule has 5 heteroatoms. The molecule has 0 aliphatic carbocycles. The third-order valence-electron chi connectivity index (χ3n) is 2.61. The number of rotatable bonds is 4. The van der Waals surface area contributed by atoms with Crippen molar-refractivity contribution in [3.8, 4) is 5.75 Å². The molecule has 1 aromatic heterocycles. The van der Waals surface area contributed by atoms with Crippen LogP contribution in [-0.4, -0.2) is 10.3 Å². The van der Waals surface area contributed by atoms with Crippen LogP contribution in [0.5, 0.6) is 5.75 Å². The van der Waals surface area contributed by atoms with E-state index in [-0.39, 0.29) is 0 Å². The molecule has 0 amide bonds. The monoisotopic (exact) mass is 233 g/mol. The molecular formula is C12H15N3O2. The molecule has 0 unspecified atom stereocenters. The van der Waals surface area contributed by atoms with E-state index in [0.29, 0.717) is 18.8 Å². The predicted octanol–water partition coefficient (Wildman–Crippen LogP) is 1.72. The van der Waals surface area contributed by atoms with Gasteiger partial charge in [-0.1, -0.05) is 28.5 Å². The lowest BCUT2D eigenvalue weighted by Gasteiger charge is -2.11. The van der Waals surface area contributed by atoms with Gasteiger partial charge in [0.15, 0.2) is 0 Å². The molecule has 1 heterocycles. The fraction of sp³-hybridized carbons (Fsp3) is 0.333. The van der Waals surface area contributed by atoms with E-state index < -0.39 is 0 Å². The number of benzene rings is 1. The topological polar surface area (TPSA) is 74.2 Å². The van der Waals surface area contributed by atoms with Gasteiger partial charge in [0, 0.05) is 12.1 Å². The molecule has 90 valence electrons. The second kappa shape index (κ2) is 4.97. The van der Waals surface area contributed by atoms with Gasteiger partial charge >= 0.3 is 0 Å². The molecule has 0 aliphatic rings. The Bertz CT molecular complexity index is 508. The van der Waals surface area contributed by atoms with Crippen LogP contribution in [0.2, 0.25) is 0 Å². The lowest BCUT2D eigenvalue weighted by Crippen LogP contribution is -2.05. The van der Waals surface area contributed by atoms with E-state index in [9.17, 15) is 0 Å². The Morgan fingerprint density at radius 1 is 1.29 bits per heavy atom. The van der Waals surface area contributed by atoms with Gasteiger partial charge < -0.3 is 10.5 Å². The molecule has 0 saturated carbocycles. The van der Waals surface area contributed by atoms with Gasteiger partial charge in [-0.05, 0) is 19.4 Å². The minimum atomic E-state index is 0.340. The van der Waals surface area contributed by atoms with Crippen molar-refractivity contribution in [1.29, 1.82) is 0 Å². The first-order chi connectivity index (χ1) is 8.22. The van der Waals surface area contributed by atoms with Crippen LogP contribution in [-0.2, 0) is 13.2 Å². The summed E-state index contributed by atoms with van der Waals surface area (Å²) in [7, 11) is 0. The zero-order chi connectivity index (χ0) is 12.3. The molecule has 0 radical (unpaired) electrons. The Hall–Kier alpha value is -1.88. The number of nitrogens with zero attached hydrogens (tertiary/aromatic N) is 2. The molecule has 0 bridgehead atoms. The fourth-order valence-corrected chi connectivity index (χ4v) is 1.60. The minimum Gasteiger partial charge on any atom is -0.486 e. The lowest BCUT2D eigenvalue weighted by atomic mass is 10.1. The van der Waals surface area contributed by atoms with Gasteiger partial charge in [0.1, 0.15) is 23.7 Å². The smallest absolute Gasteiger partial charge is 0.145 e. The standard InChI is InChI=1S/C12H15N3O2/c1-8-4-3-5-10(6-13)12(8)16-7-11-9(2)14-17-15-11/h3-5H,6-7,13H2,1-2H3. The lowest BCUT2D eigenvalue weighted by molar-refractivity contribution is 0.267. The molecule has 0 atom stereocenters. The number of nitrogens with two attached hydrogens (primary N) is 1. The van der Waals surface area contributed by atoms with E-state index in [2.05, 4.69) is 14.9 Å². The van der Waals surface area contributed by atoms with Crippen molar-refractivity contribution in [3.63, 3.8) is 0 Å². The number of aromatic nitrogens is 2. The molecule has 0 fully saturated rings. The first kappa shape index (κ1) is 11.6. The van der Waals surface area contributed by atoms with Gasteiger partial charge in [-0.15, -0.1) is 0 Å². The maximum absolute atomic E-state index is 5.74. The number of aryl methyl sites for hydroxylation is 2. The van der Waals surface area contributed by atoms with Gasteiger partial charge in [-0.25, -0.2) is 4.63 Å². The molecule has 0 saturated heterocycles. The molecule has 5 nitrogen and oxygen atoms in total. The van der Waals surface area contributed by atoms with Crippen molar-refractivity contribution in [2.24, 2.45) is 5.73 Å².